The van der Waals surface area contributed by atoms with Crippen molar-refractivity contribution < 1.29 is 8.42 Å². The van der Waals surface area contributed by atoms with Crippen LogP contribution < -0.4 is 5.73 Å². The van der Waals surface area contributed by atoms with Crippen LogP contribution in [-0.2, 0) is 15.6 Å². The van der Waals surface area contributed by atoms with Crippen LogP contribution in [0.4, 0.5) is 0 Å². The molecule has 0 saturated heterocycles. The van der Waals surface area contributed by atoms with Crippen molar-refractivity contribution in [1.82, 2.24) is 0 Å². The van der Waals surface area contributed by atoms with Gasteiger partial charge in [0.1, 0.15) is 0 Å². The molecule has 2 aromatic rings. The van der Waals surface area contributed by atoms with Gasteiger partial charge in [0.15, 0.2) is 9.84 Å². The highest BCUT2D eigenvalue weighted by Gasteiger charge is 2.19. The van der Waals surface area contributed by atoms with Gasteiger partial charge in [-0.25, -0.2) is 8.42 Å². The van der Waals surface area contributed by atoms with Gasteiger partial charge < -0.3 is 5.73 Å². The molecule has 0 radical (unpaired) electrons. The highest BCUT2D eigenvalue weighted by molar-refractivity contribution is 7.90. The van der Waals surface area contributed by atoms with E-state index in [0.29, 0.717) is 0 Å². The maximum absolute atomic E-state index is 12.2. The average molecular weight is 289 g/mol. The Morgan fingerprint density at radius 1 is 1.00 bits per heavy atom. The fourth-order valence-corrected chi connectivity index (χ4v) is 3.80. The van der Waals surface area contributed by atoms with Crippen LogP contribution in [-0.4, -0.2) is 14.2 Å². The Morgan fingerprint density at radius 3 is 2.25 bits per heavy atom. The van der Waals surface area contributed by atoms with Gasteiger partial charge >= 0.3 is 0 Å². The van der Waals surface area contributed by atoms with E-state index in [1.165, 1.54) is 0 Å². The lowest BCUT2D eigenvalue weighted by Gasteiger charge is -2.15. The first-order chi connectivity index (χ1) is 9.48. The van der Waals surface area contributed by atoms with Crippen LogP contribution in [0.3, 0.4) is 0 Å². The summed E-state index contributed by atoms with van der Waals surface area (Å²) in [6.45, 7) is 1.94. The molecule has 1 unspecified atom stereocenters. The molecule has 0 aliphatic heterocycles. The first-order valence-electron chi connectivity index (χ1n) is 6.53. The van der Waals surface area contributed by atoms with Crippen LogP contribution in [0.2, 0.25) is 0 Å². The van der Waals surface area contributed by atoms with Crippen molar-refractivity contribution in [2.75, 3.05) is 5.75 Å². The van der Waals surface area contributed by atoms with Crippen LogP contribution in [0.5, 0.6) is 0 Å². The van der Waals surface area contributed by atoms with Crippen LogP contribution in [0.25, 0.3) is 0 Å². The number of aryl methyl sites for hydroxylation is 1. The quantitative estimate of drug-likeness (QED) is 0.920. The molecule has 0 aromatic heterocycles. The molecule has 0 aliphatic rings. The average Bonchev–Trinajstić information content (AvgIpc) is 2.39. The second-order valence-electron chi connectivity index (χ2n) is 5.00. The van der Waals surface area contributed by atoms with Gasteiger partial charge in [0.25, 0.3) is 0 Å². The molecule has 0 amide bonds. The molecule has 1 atom stereocenters. The van der Waals surface area contributed by atoms with Gasteiger partial charge in [0, 0.05) is 6.04 Å². The Balaban J connectivity index is 2.11. The number of sulfone groups is 1. The Bertz CT molecular complexity index is 666. The van der Waals surface area contributed by atoms with E-state index >= 15 is 0 Å². The molecule has 106 valence electrons. The largest absolute Gasteiger partial charge is 0.323 e. The van der Waals surface area contributed by atoms with E-state index in [1.54, 1.807) is 0 Å². The zero-order valence-corrected chi connectivity index (χ0v) is 12.3. The molecule has 0 bridgehead atoms. The van der Waals surface area contributed by atoms with Crippen molar-refractivity contribution >= 4 is 9.84 Å². The van der Waals surface area contributed by atoms with Gasteiger partial charge in [-0.3, -0.25) is 0 Å². The Hall–Kier alpha value is -1.65. The van der Waals surface area contributed by atoms with Gasteiger partial charge in [-0.2, -0.15) is 0 Å². The molecule has 0 fully saturated rings. The zero-order valence-electron chi connectivity index (χ0n) is 11.5. The maximum Gasteiger partial charge on any atom is 0.156 e. The Labute approximate surface area is 120 Å². The molecule has 0 aliphatic carbocycles. The minimum atomic E-state index is -3.22. The first-order valence-corrected chi connectivity index (χ1v) is 8.35. The summed E-state index contributed by atoms with van der Waals surface area (Å²) in [5.41, 5.74) is 8.77. The molecular formula is C16H19NO2S. The number of nitrogens with two attached hydrogens (primary N) is 1. The van der Waals surface area contributed by atoms with E-state index in [-0.39, 0.29) is 11.5 Å². The fourth-order valence-electron chi connectivity index (χ4n) is 2.25. The summed E-state index contributed by atoms with van der Waals surface area (Å²) in [6, 6.07) is 16.3. The standard InChI is InChI=1S/C16H19NO2S/c1-13-7-5-6-10-15(13)16(17)12-20(18,19)11-14-8-3-2-4-9-14/h2-10,16H,11-12,17H2,1H3. The lowest BCUT2D eigenvalue weighted by Crippen LogP contribution is -2.23. The predicted molar refractivity (Wildman–Crippen MR) is 82.0 cm³/mol. The maximum atomic E-state index is 12.2. The zero-order chi connectivity index (χ0) is 14.6. The summed E-state index contributed by atoms with van der Waals surface area (Å²) in [4.78, 5) is 0. The lowest BCUT2D eigenvalue weighted by atomic mass is 10.0. The molecule has 20 heavy (non-hydrogen) atoms. The van der Waals surface area contributed by atoms with Crippen molar-refractivity contribution in [2.24, 2.45) is 5.73 Å². The van der Waals surface area contributed by atoms with Crippen LogP contribution in [0, 0.1) is 6.92 Å². The fraction of sp³-hybridized carbons (Fsp3) is 0.250. The highest BCUT2D eigenvalue weighted by atomic mass is 32.2. The topological polar surface area (TPSA) is 60.2 Å². The normalized spacial score (nSPS) is 13.1. The third-order valence-electron chi connectivity index (χ3n) is 3.25. The summed E-state index contributed by atoms with van der Waals surface area (Å²) < 4.78 is 24.4. The first kappa shape index (κ1) is 14.8. The number of hydrogen-bond acceptors (Lipinski definition) is 3. The van der Waals surface area contributed by atoms with E-state index in [0.717, 1.165) is 16.7 Å². The minimum Gasteiger partial charge on any atom is -0.323 e. The monoisotopic (exact) mass is 289 g/mol. The van der Waals surface area contributed by atoms with Gasteiger partial charge in [0.2, 0.25) is 0 Å². The van der Waals surface area contributed by atoms with Gasteiger partial charge in [0.05, 0.1) is 11.5 Å². The minimum absolute atomic E-state index is 0.0350. The van der Waals surface area contributed by atoms with Gasteiger partial charge in [-0.15, -0.1) is 0 Å². The molecular weight excluding hydrogens is 270 g/mol. The van der Waals surface area contributed by atoms with Crippen molar-refractivity contribution in [2.45, 2.75) is 18.7 Å². The molecule has 2 N–H and O–H groups in total. The van der Waals surface area contributed by atoms with Crippen molar-refractivity contribution in [3.63, 3.8) is 0 Å². The van der Waals surface area contributed by atoms with E-state index in [4.69, 9.17) is 5.73 Å². The third-order valence-corrected chi connectivity index (χ3v) is 4.89. The molecule has 3 nitrogen and oxygen atoms in total. The number of benzene rings is 2. The summed E-state index contributed by atoms with van der Waals surface area (Å²) in [5, 5.41) is 0. The summed E-state index contributed by atoms with van der Waals surface area (Å²) in [7, 11) is -3.22. The van der Waals surface area contributed by atoms with Crippen LogP contribution >= 0.6 is 0 Å². The van der Waals surface area contributed by atoms with Crippen molar-refractivity contribution in [1.29, 1.82) is 0 Å². The van der Waals surface area contributed by atoms with Gasteiger partial charge in [-0.1, -0.05) is 54.6 Å². The molecule has 2 aromatic carbocycles. The highest BCUT2D eigenvalue weighted by Crippen LogP contribution is 2.18. The van der Waals surface area contributed by atoms with E-state index in [9.17, 15) is 8.42 Å². The second-order valence-corrected chi connectivity index (χ2v) is 7.11. The van der Waals surface area contributed by atoms with Crippen molar-refractivity contribution in [3.8, 4) is 0 Å². The van der Waals surface area contributed by atoms with Crippen LogP contribution in [0.15, 0.2) is 54.6 Å². The van der Waals surface area contributed by atoms with E-state index < -0.39 is 15.9 Å². The molecule has 2 rings (SSSR count). The SMILES string of the molecule is Cc1ccccc1C(N)CS(=O)(=O)Cc1ccccc1. The van der Waals surface area contributed by atoms with Crippen LogP contribution in [0.1, 0.15) is 22.7 Å². The molecule has 0 heterocycles. The third kappa shape index (κ3) is 3.92. The molecule has 0 spiro atoms. The number of hydrogen-bond donors (Lipinski definition) is 1. The molecule has 4 heteroatoms. The molecule has 0 saturated carbocycles. The second kappa shape index (κ2) is 6.20. The summed E-state index contributed by atoms with van der Waals surface area (Å²) >= 11 is 0. The van der Waals surface area contributed by atoms with Gasteiger partial charge in [-0.05, 0) is 23.6 Å². The predicted octanol–water partition coefficient (Wildman–Crippen LogP) is 2.61. The summed E-state index contributed by atoms with van der Waals surface area (Å²) in [5.74, 6) is 0.000167. The van der Waals surface area contributed by atoms with E-state index in [1.807, 2.05) is 61.5 Å². The van der Waals surface area contributed by atoms with E-state index in [2.05, 4.69) is 0 Å². The Kier molecular flexibility index (Phi) is 4.57. The smallest absolute Gasteiger partial charge is 0.156 e. The summed E-state index contributed by atoms with van der Waals surface area (Å²) in [6.07, 6.45) is 0. The Morgan fingerprint density at radius 2 is 1.60 bits per heavy atom. The number of rotatable bonds is 5. The lowest BCUT2D eigenvalue weighted by molar-refractivity contribution is 0.588. The van der Waals surface area contributed by atoms with Crippen molar-refractivity contribution in [3.05, 3.63) is 71.3 Å².